The number of rotatable bonds is 6. The Balaban J connectivity index is 1.61. The highest BCUT2D eigenvalue weighted by atomic mass is 16.6. The summed E-state index contributed by atoms with van der Waals surface area (Å²) in [5, 5.41) is 4.08. The zero-order valence-corrected chi connectivity index (χ0v) is 20.8. The number of amides is 1. The molecule has 0 bridgehead atoms. The SMILES string of the molecule is CC(C)Cn1cc(-c2ccc(CNC(=O)OC(C)(C)C)cc2)c2ccc(-c3ccccc3)cc21. The van der Waals surface area contributed by atoms with Gasteiger partial charge in [-0.05, 0) is 55.0 Å². The Morgan fingerprint density at radius 3 is 2.24 bits per heavy atom. The van der Waals surface area contributed by atoms with E-state index < -0.39 is 11.7 Å². The van der Waals surface area contributed by atoms with Crippen molar-refractivity contribution in [2.45, 2.75) is 53.3 Å². The highest BCUT2D eigenvalue weighted by Gasteiger charge is 2.16. The fourth-order valence-electron chi connectivity index (χ4n) is 4.17. The molecule has 34 heavy (non-hydrogen) atoms. The molecule has 0 aliphatic carbocycles. The number of alkyl carbamates (subject to hydrolysis) is 1. The first-order chi connectivity index (χ1) is 16.2. The third kappa shape index (κ3) is 5.69. The van der Waals surface area contributed by atoms with Crippen LogP contribution < -0.4 is 5.32 Å². The van der Waals surface area contributed by atoms with Crippen LogP contribution in [0.2, 0.25) is 0 Å². The van der Waals surface area contributed by atoms with Crippen LogP contribution >= 0.6 is 0 Å². The van der Waals surface area contributed by atoms with Gasteiger partial charge in [-0.3, -0.25) is 0 Å². The monoisotopic (exact) mass is 454 g/mol. The molecule has 1 N–H and O–H groups in total. The lowest BCUT2D eigenvalue weighted by Gasteiger charge is -2.19. The van der Waals surface area contributed by atoms with Crippen LogP contribution in [0.5, 0.6) is 0 Å². The maximum atomic E-state index is 12.0. The van der Waals surface area contributed by atoms with Gasteiger partial charge in [0.25, 0.3) is 0 Å². The Morgan fingerprint density at radius 2 is 1.59 bits per heavy atom. The van der Waals surface area contributed by atoms with Crippen molar-refractivity contribution >= 4 is 17.0 Å². The van der Waals surface area contributed by atoms with E-state index in [-0.39, 0.29) is 0 Å². The van der Waals surface area contributed by atoms with E-state index in [0.29, 0.717) is 12.5 Å². The van der Waals surface area contributed by atoms with Gasteiger partial charge in [0.1, 0.15) is 5.60 Å². The number of hydrogen-bond acceptors (Lipinski definition) is 2. The van der Waals surface area contributed by atoms with E-state index in [9.17, 15) is 4.79 Å². The van der Waals surface area contributed by atoms with Gasteiger partial charge in [0.05, 0.1) is 0 Å². The highest BCUT2D eigenvalue weighted by molar-refractivity contribution is 5.98. The van der Waals surface area contributed by atoms with Crippen LogP contribution in [0, 0.1) is 5.92 Å². The van der Waals surface area contributed by atoms with Gasteiger partial charge in [0, 0.05) is 35.8 Å². The summed E-state index contributed by atoms with van der Waals surface area (Å²) in [7, 11) is 0. The van der Waals surface area contributed by atoms with Gasteiger partial charge in [0.2, 0.25) is 0 Å². The molecule has 1 heterocycles. The predicted molar refractivity (Wildman–Crippen MR) is 141 cm³/mol. The van der Waals surface area contributed by atoms with Gasteiger partial charge in [-0.25, -0.2) is 4.79 Å². The lowest BCUT2D eigenvalue weighted by atomic mass is 10.00. The van der Waals surface area contributed by atoms with Gasteiger partial charge in [-0.2, -0.15) is 0 Å². The zero-order valence-electron chi connectivity index (χ0n) is 20.8. The van der Waals surface area contributed by atoms with Gasteiger partial charge in [-0.1, -0.05) is 80.6 Å². The molecule has 0 aliphatic rings. The Kier molecular flexibility index (Phi) is 6.78. The molecule has 0 unspecified atom stereocenters. The number of ether oxygens (including phenoxy) is 1. The number of carbonyl (C=O) groups excluding carboxylic acids is 1. The van der Waals surface area contributed by atoms with E-state index >= 15 is 0 Å². The number of fused-ring (bicyclic) bond motifs is 1. The molecule has 1 amide bonds. The zero-order chi connectivity index (χ0) is 24.3. The third-order valence-electron chi connectivity index (χ3n) is 5.65. The molecule has 4 nitrogen and oxygen atoms in total. The van der Waals surface area contributed by atoms with E-state index in [1.165, 1.54) is 33.2 Å². The minimum atomic E-state index is -0.501. The first kappa shape index (κ1) is 23.6. The fraction of sp³-hybridized carbons (Fsp3) is 0.300. The fourth-order valence-corrected chi connectivity index (χ4v) is 4.17. The maximum Gasteiger partial charge on any atom is 0.407 e. The third-order valence-corrected chi connectivity index (χ3v) is 5.65. The van der Waals surface area contributed by atoms with Crippen LogP contribution in [0.3, 0.4) is 0 Å². The van der Waals surface area contributed by atoms with Gasteiger partial charge < -0.3 is 14.6 Å². The molecular weight excluding hydrogens is 420 g/mol. The van der Waals surface area contributed by atoms with Gasteiger partial charge >= 0.3 is 6.09 Å². The summed E-state index contributed by atoms with van der Waals surface area (Å²) in [4.78, 5) is 12.0. The Hall–Kier alpha value is -3.53. The number of carbonyl (C=O) groups is 1. The van der Waals surface area contributed by atoms with Crippen LogP contribution in [0.15, 0.2) is 79.0 Å². The number of nitrogens with one attached hydrogen (secondary N) is 1. The van der Waals surface area contributed by atoms with E-state index in [4.69, 9.17) is 4.74 Å². The van der Waals surface area contributed by atoms with Crippen LogP contribution in [0.4, 0.5) is 4.79 Å². The summed E-state index contributed by atoms with van der Waals surface area (Å²) in [5.41, 5.74) is 6.63. The molecule has 4 heteroatoms. The maximum absolute atomic E-state index is 12.0. The van der Waals surface area contributed by atoms with Crippen molar-refractivity contribution in [3.63, 3.8) is 0 Å². The van der Waals surface area contributed by atoms with Crippen LogP contribution in [0.25, 0.3) is 33.2 Å². The van der Waals surface area contributed by atoms with E-state index in [1.807, 2.05) is 26.8 Å². The minimum Gasteiger partial charge on any atom is -0.444 e. The molecule has 0 radical (unpaired) electrons. The Morgan fingerprint density at radius 1 is 0.912 bits per heavy atom. The van der Waals surface area contributed by atoms with Gasteiger partial charge in [0.15, 0.2) is 0 Å². The standard InChI is InChI=1S/C30H34N2O2/c1-21(2)19-32-20-27(26-16-15-25(17-28(26)32)23-9-7-6-8-10-23)24-13-11-22(12-14-24)18-31-29(33)34-30(3,4)5/h6-17,20-21H,18-19H2,1-5H3,(H,31,33). The summed E-state index contributed by atoms with van der Waals surface area (Å²) >= 11 is 0. The molecule has 0 fully saturated rings. The first-order valence-corrected chi connectivity index (χ1v) is 11.9. The molecule has 4 rings (SSSR count). The molecule has 0 atom stereocenters. The molecule has 0 saturated heterocycles. The summed E-state index contributed by atoms with van der Waals surface area (Å²) in [6, 6.07) is 25.7. The Bertz CT molecular complexity index is 1260. The number of benzene rings is 3. The van der Waals surface area contributed by atoms with Crippen molar-refractivity contribution in [1.29, 1.82) is 0 Å². The summed E-state index contributed by atoms with van der Waals surface area (Å²) in [5.74, 6) is 0.546. The quantitative estimate of drug-likeness (QED) is 0.325. The Labute approximate surface area is 202 Å². The van der Waals surface area contributed by atoms with E-state index in [1.54, 1.807) is 0 Å². The van der Waals surface area contributed by atoms with Crippen molar-refractivity contribution in [2.24, 2.45) is 5.92 Å². The van der Waals surface area contributed by atoms with Crippen LogP contribution in [0.1, 0.15) is 40.2 Å². The number of aromatic nitrogens is 1. The van der Waals surface area contributed by atoms with E-state index in [2.05, 4.69) is 96.7 Å². The second-order valence-electron chi connectivity index (χ2n) is 10.2. The molecular formula is C30H34N2O2. The van der Waals surface area contributed by atoms with Crippen molar-refractivity contribution < 1.29 is 9.53 Å². The topological polar surface area (TPSA) is 43.3 Å². The van der Waals surface area contributed by atoms with E-state index in [0.717, 1.165) is 12.1 Å². The number of hydrogen-bond donors (Lipinski definition) is 1. The number of nitrogens with zero attached hydrogens (tertiary/aromatic N) is 1. The van der Waals surface area contributed by atoms with Crippen LogP contribution in [-0.4, -0.2) is 16.3 Å². The molecule has 0 aliphatic heterocycles. The first-order valence-electron chi connectivity index (χ1n) is 11.9. The van der Waals surface area contributed by atoms with Crippen LogP contribution in [-0.2, 0) is 17.8 Å². The average molecular weight is 455 g/mol. The molecule has 4 aromatic rings. The molecule has 3 aromatic carbocycles. The summed E-state index contributed by atoms with van der Waals surface area (Å²) in [6.07, 6.45) is 1.87. The minimum absolute atomic E-state index is 0.400. The second-order valence-corrected chi connectivity index (χ2v) is 10.2. The predicted octanol–water partition coefficient (Wildman–Crippen LogP) is 7.66. The van der Waals surface area contributed by atoms with Crippen molar-refractivity contribution in [1.82, 2.24) is 9.88 Å². The molecule has 176 valence electrons. The second kappa shape index (κ2) is 9.76. The highest BCUT2D eigenvalue weighted by Crippen LogP contribution is 2.34. The van der Waals surface area contributed by atoms with Gasteiger partial charge in [-0.15, -0.1) is 0 Å². The lowest BCUT2D eigenvalue weighted by molar-refractivity contribution is 0.0523. The largest absolute Gasteiger partial charge is 0.444 e. The average Bonchev–Trinajstić information content (AvgIpc) is 3.14. The molecule has 1 aromatic heterocycles. The molecule has 0 spiro atoms. The van der Waals surface area contributed by atoms with Crippen molar-refractivity contribution in [3.8, 4) is 22.3 Å². The lowest BCUT2D eigenvalue weighted by Crippen LogP contribution is -2.32. The normalized spacial score (nSPS) is 11.7. The molecule has 0 saturated carbocycles. The smallest absolute Gasteiger partial charge is 0.407 e. The summed E-state index contributed by atoms with van der Waals surface area (Å²) < 4.78 is 7.70. The van der Waals surface area contributed by atoms with Crippen molar-refractivity contribution in [3.05, 3.63) is 84.6 Å². The summed E-state index contributed by atoms with van der Waals surface area (Å²) in [6.45, 7) is 11.5. The van der Waals surface area contributed by atoms with Crippen molar-refractivity contribution in [2.75, 3.05) is 0 Å².